The van der Waals surface area contributed by atoms with Crippen molar-refractivity contribution in [2.24, 2.45) is 0 Å². The summed E-state index contributed by atoms with van der Waals surface area (Å²) in [7, 11) is -3.66. The van der Waals surface area contributed by atoms with Gasteiger partial charge < -0.3 is 0 Å². The van der Waals surface area contributed by atoms with Gasteiger partial charge in [-0.15, -0.1) is 0 Å². The number of nitrogens with one attached hydrogen (secondary N) is 1. The van der Waals surface area contributed by atoms with Gasteiger partial charge in [0.1, 0.15) is 11.6 Å². The zero-order chi connectivity index (χ0) is 22.2. The van der Waals surface area contributed by atoms with Crippen LogP contribution in [0.4, 0.5) is 4.39 Å². The molecule has 1 aliphatic rings. The fourth-order valence-electron chi connectivity index (χ4n) is 3.89. The van der Waals surface area contributed by atoms with Gasteiger partial charge in [0.15, 0.2) is 0 Å². The average Bonchev–Trinajstić information content (AvgIpc) is 2.88. The number of halogens is 1. The van der Waals surface area contributed by atoms with Gasteiger partial charge in [-0.1, -0.05) is 24.3 Å². The average molecular weight is 445 g/mol. The first-order chi connectivity index (χ1) is 14.7. The van der Waals surface area contributed by atoms with E-state index in [9.17, 15) is 17.6 Å². The van der Waals surface area contributed by atoms with Crippen molar-refractivity contribution in [3.8, 4) is 0 Å². The predicted octanol–water partition coefficient (Wildman–Crippen LogP) is 2.53. The first kappa shape index (κ1) is 21.5. The maximum absolute atomic E-state index is 13.1. The molecule has 2 heterocycles. The summed E-state index contributed by atoms with van der Waals surface area (Å²) in [6, 6.07) is 11.0. The van der Waals surface area contributed by atoms with E-state index in [1.807, 2.05) is 13.0 Å². The lowest BCUT2D eigenvalue weighted by Gasteiger charge is -2.17. The number of hydrogen-bond donors (Lipinski definition) is 1. The lowest BCUT2D eigenvalue weighted by molar-refractivity contribution is 0.487. The third kappa shape index (κ3) is 4.62. The molecule has 1 atom stereocenters. The molecule has 7 nitrogen and oxygen atoms in total. The highest BCUT2D eigenvalue weighted by Gasteiger charge is 2.26. The number of aryl methyl sites for hydroxylation is 3. The Labute approximate surface area is 180 Å². The van der Waals surface area contributed by atoms with Crippen LogP contribution in [0, 0.1) is 19.7 Å². The van der Waals surface area contributed by atoms with Crippen LogP contribution in [0.1, 0.15) is 35.4 Å². The molecule has 1 aromatic heterocycles. The van der Waals surface area contributed by atoms with Gasteiger partial charge >= 0.3 is 5.69 Å². The number of benzene rings is 2. The van der Waals surface area contributed by atoms with Crippen LogP contribution in [-0.4, -0.2) is 28.8 Å². The van der Waals surface area contributed by atoms with Crippen molar-refractivity contribution in [2.45, 2.75) is 57.1 Å². The van der Waals surface area contributed by atoms with Crippen molar-refractivity contribution >= 4 is 10.0 Å². The van der Waals surface area contributed by atoms with E-state index < -0.39 is 10.0 Å². The Balaban J connectivity index is 1.48. The zero-order valence-electron chi connectivity index (χ0n) is 17.5. The van der Waals surface area contributed by atoms with Crippen molar-refractivity contribution in [3.05, 3.63) is 81.3 Å². The first-order valence-electron chi connectivity index (χ1n) is 10.2. The van der Waals surface area contributed by atoms with Crippen molar-refractivity contribution in [1.82, 2.24) is 19.1 Å². The van der Waals surface area contributed by atoms with Gasteiger partial charge in [-0.3, -0.25) is 4.57 Å². The van der Waals surface area contributed by atoms with Gasteiger partial charge in [-0.05, 0) is 61.6 Å². The minimum absolute atomic E-state index is 0.239. The van der Waals surface area contributed by atoms with E-state index in [2.05, 4.69) is 9.82 Å². The highest BCUT2D eigenvalue weighted by atomic mass is 32.2. The molecule has 0 aliphatic carbocycles. The van der Waals surface area contributed by atoms with Crippen LogP contribution in [0.3, 0.4) is 0 Å². The Morgan fingerprint density at radius 2 is 1.87 bits per heavy atom. The van der Waals surface area contributed by atoms with E-state index in [1.165, 1.54) is 16.8 Å². The van der Waals surface area contributed by atoms with Gasteiger partial charge in [0.25, 0.3) is 0 Å². The summed E-state index contributed by atoms with van der Waals surface area (Å²) in [6.07, 6.45) is 1.54. The second-order valence-corrected chi connectivity index (χ2v) is 9.73. The molecule has 164 valence electrons. The zero-order valence-corrected chi connectivity index (χ0v) is 18.3. The highest BCUT2D eigenvalue weighted by Crippen LogP contribution is 2.20. The van der Waals surface area contributed by atoms with E-state index in [4.69, 9.17) is 0 Å². The molecule has 0 spiro atoms. The molecular weight excluding hydrogens is 419 g/mol. The number of rotatable bonds is 5. The third-order valence-electron chi connectivity index (χ3n) is 5.62. The molecule has 0 saturated carbocycles. The van der Waals surface area contributed by atoms with E-state index in [0.29, 0.717) is 37.2 Å². The number of nitrogens with zero attached hydrogens (tertiary/aromatic N) is 3. The smallest absolute Gasteiger partial charge is 0.279 e. The van der Waals surface area contributed by atoms with Crippen LogP contribution in [-0.2, 0) is 29.5 Å². The summed E-state index contributed by atoms with van der Waals surface area (Å²) in [5.41, 5.74) is 2.13. The van der Waals surface area contributed by atoms with Crippen molar-refractivity contribution in [2.75, 3.05) is 0 Å². The summed E-state index contributed by atoms with van der Waals surface area (Å²) in [6.45, 7) is 4.29. The minimum atomic E-state index is -3.66. The monoisotopic (exact) mass is 444 g/mol. The summed E-state index contributed by atoms with van der Waals surface area (Å²) >= 11 is 0. The van der Waals surface area contributed by atoms with E-state index in [-0.39, 0.29) is 29.0 Å². The summed E-state index contributed by atoms with van der Waals surface area (Å²) in [4.78, 5) is 13.1. The quantitative estimate of drug-likeness (QED) is 0.655. The molecule has 0 amide bonds. The Bertz CT molecular complexity index is 1260. The fourth-order valence-corrected chi connectivity index (χ4v) is 5.53. The van der Waals surface area contributed by atoms with Crippen LogP contribution >= 0.6 is 0 Å². The lowest BCUT2D eigenvalue weighted by Crippen LogP contribution is -2.36. The minimum Gasteiger partial charge on any atom is -0.279 e. The topological polar surface area (TPSA) is 86.0 Å². The second-order valence-electron chi connectivity index (χ2n) is 8.05. The molecule has 1 aliphatic heterocycles. The van der Waals surface area contributed by atoms with Crippen LogP contribution in [0.5, 0.6) is 0 Å². The van der Waals surface area contributed by atoms with Crippen LogP contribution in [0.25, 0.3) is 0 Å². The molecule has 3 aromatic rings. The molecule has 4 rings (SSSR count). The molecule has 0 bridgehead atoms. The normalized spacial score (nSPS) is 16.7. The van der Waals surface area contributed by atoms with Gasteiger partial charge in [0, 0.05) is 19.0 Å². The Morgan fingerprint density at radius 3 is 2.61 bits per heavy atom. The summed E-state index contributed by atoms with van der Waals surface area (Å²) < 4.78 is 44.7. The molecule has 0 saturated heterocycles. The molecule has 0 fully saturated rings. The molecule has 0 radical (unpaired) electrons. The number of sulfonamides is 1. The summed E-state index contributed by atoms with van der Waals surface area (Å²) in [5.74, 6) is 0.312. The van der Waals surface area contributed by atoms with Gasteiger partial charge in [-0.25, -0.2) is 27.0 Å². The summed E-state index contributed by atoms with van der Waals surface area (Å²) in [5, 5.41) is 4.44. The maximum atomic E-state index is 13.1. The molecule has 31 heavy (non-hydrogen) atoms. The SMILES string of the molecule is Cc1ccc(C)c(S(=O)(=O)NC2CCc3nn(Cc4ccc(F)cc4)c(=O)n3CC2)c1. The van der Waals surface area contributed by atoms with E-state index in [0.717, 1.165) is 11.1 Å². The predicted molar refractivity (Wildman–Crippen MR) is 115 cm³/mol. The third-order valence-corrected chi connectivity index (χ3v) is 7.28. The van der Waals surface area contributed by atoms with Gasteiger partial charge in [0.2, 0.25) is 10.0 Å². The fraction of sp³-hybridized carbons (Fsp3) is 0.364. The van der Waals surface area contributed by atoms with E-state index >= 15 is 0 Å². The van der Waals surface area contributed by atoms with Crippen LogP contribution < -0.4 is 10.4 Å². The molecule has 1 N–H and O–H groups in total. The van der Waals surface area contributed by atoms with Crippen LogP contribution in [0.15, 0.2) is 52.2 Å². The molecule has 1 unspecified atom stereocenters. The standard InChI is InChI=1S/C22H25FN4O3S/c1-15-3-4-16(2)20(13-15)31(29,30)25-19-9-10-21-24-27(22(28)26(21)12-11-19)14-17-5-7-18(23)8-6-17/h3-8,13,19,25H,9-12,14H2,1-2H3. The molecule has 9 heteroatoms. The number of aromatic nitrogens is 3. The lowest BCUT2D eigenvalue weighted by atomic mass is 10.1. The molecular formula is C22H25FN4O3S. The van der Waals surface area contributed by atoms with Crippen molar-refractivity contribution in [3.63, 3.8) is 0 Å². The van der Waals surface area contributed by atoms with Crippen molar-refractivity contribution in [1.29, 1.82) is 0 Å². The number of fused-ring (bicyclic) bond motifs is 1. The van der Waals surface area contributed by atoms with Crippen LogP contribution in [0.2, 0.25) is 0 Å². The van der Waals surface area contributed by atoms with E-state index in [1.54, 1.807) is 35.8 Å². The Morgan fingerprint density at radius 1 is 1.13 bits per heavy atom. The maximum Gasteiger partial charge on any atom is 0.346 e. The molecule has 2 aromatic carbocycles. The Hall–Kier alpha value is -2.78. The second kappa shape index (κ2) is 8.39. The largest absolute Gasteiger partial charge is 0.346 e. The highest BCUT2D eigenvalue weighted by molar-refractivity contribution is 7.89. The van der Waals surface area contributed by atoms with Gasteiger partial charge in [-0.2, -0.15) is 5.10 Å². The van der Waals surface area contributed by atoms with Gasteiger partial charge in [0.05, 0.1) is 11.4 Å². The number of hydrogen-bond acceptors (Lipinski definition) is 4. The first-order valence-corrected chi connectivity index (χ1v) is 11.7. The van der Waals surface area contributed by atoms with Crippen molar-refractivity contribution < 1.29 is 12.8 Å². The Kier molecular flexibility index (Phi) is 5.81.